The van der Waals surface area contributed by atoms with Crippen LogP contribution in [0.15, 0.2) is 34.9 Å². The molecule has 1 heterocycles. The fourth-order valence-corrected chi connectivity index (χ4v) is 2.13. The summed E-state index contributed by atoms with van der Waals surface area (Å²) in [5.41, 5.74) is 1.15. The maximum atomic E-state index is 5.46. The van der Waals surface area contributed by atoms with Crippen LogP contribution in [0.5, 0.6) is 0 Å². The highest BCUT2D eigenvalue weighted by Gasteiger charge is 2.23. The van der Waals surface area contributed by atoms with Gasteiger partial charge in [0.15, 0.2) is 5.82 Å². The van der Waals surface area contributed by atoms with Crippen LogP contribution in [0.3, 0.4) is 0 Å². The largest absolute Gasteiger partial charge is 0.337 e. The Labute approximate surface area is 132 Å². The molecule has 0 aliphatic rings. The number of halogens is 1. The summed E-state index contributed by atoms with van der Waals surface area (Å²) >= 11 is 0. The highest BCUT2D eigenvalue weighted by molar-refractivity contribution is 5.85. The minimum atomic E-state index is -0.0117. The Morgan fingerprint density at radius 3 is 2.48 bits per heavy atom. The van der Waals surface area contributed by atoms with Crippen LogP contribution in [-0.2, 0) is 6.42 Å². The highest BCUT2D eigenvalue weighted by atomic mass is 35.5. The molecule has 2 atom stereocenters. The molecule has 0 saturated carbocycles. The predicted octanol–water partition coefficient (Wildman–Crippen LogP) is 2.29. The third kappa shape index (κ3) is 4.52. The number of rotatable bonds is 6. The highest BCUT2D eigenvalue weighted by Crippen LogP contribution is 2.25. The number of likely N-dealkylation sites (N-methyl/N-ethyl adjacent to an activating group) is 1. The van der Waals surface area contributed by atoms with Crippen LogP contribution >= 0.6 is 12.4 Å². The lowest BCUT2D eigenvalue weighted by molar-refractivity contribution is 0.260. The number of aromatic nitrogens is 2. The van der Waals surface area contributed by atoms with Crippen molar-refractivity contribution >= 4 is 12.4 Å². The van der Waals surface area contributed by atoms with Gasteiger partial charge >= 0.3 is 0 Å². The first-order chi connectivity index (χ1) is 9.61. The Hall–Kier alpha value is -1.43. The van der Waals surface area contributed by atoms with Crippen molar-refractivity contribution in [2.75, 3.05) is 21.1 Å². The summed E-state index contributed by atoms with van der Waals surface area (Å²) in [6, 6.07) is 10.5. The zero-order valence-electron chi connectivity index (χ0n) is 12.9. The van der Waals surface area contributed by atoms with Crippen molar-refractivity contribution in [3.8, 4) is 0 Å². The van der Waals surface area contributed by atoms with Crippen LogP contribution < -0.4 is 5.32 Å². The van der Waals surface area contributed by atoms with E-state index in [0.29, 0.717) is 11.9 Å². The van der Waals surface area contributed by atoms with Crippen LogP contribution in [0.4, 0.5) is 0 Å². The third-order valence-corrected chi connectivity index (χ3v) is 3.33. The summed E-state index contributed by atoms with van der Waals surface area (Å²) in [5, 5.41) is 7.25. The van der Waals surface area contributed by atoms with Crippen LogP contribution in [-0.4, -0.2) is 42.2 Å². The zero-order chi connectivity index (χ0) is 14.5. The Balaban J connectivity index is 0.00000220. The molecule has 5 nitrogen and oxygen atoms in total. The van der Waals surface area contributed by atoms with Gasteiger partial charge in [0.1, 0.15) is 6.04 Å². The average molecular weight is 311 g/mol. The Kier molecular flexibility index (Phi) is 6.81. The van der Waals surface area contributed by atoms with Gasteiger partial charge in [0, 0.05) is 12.5 Å². The molecule has 1 aromatic heterocycles. The number of hydrogen-bond acceptors (Lipinski definition) is 5. The molecule has 0 saturated heterocycles. The molecule has 0 aliphatic heterocycles. The predicted molar refractivity (Wildman–Crippen MR) is 85.7 cm³/mol. The second-order valence-electron chi connectivity index (χ2n) is 5.22. The molecule has 21 heavy (non-hydrogen) atoms. The van der Waals surface area contributed by atoms with E-state index >= 15 is 0 Å². The molecule has 0 bridgehead atoms. The lowest BCUT2D eigenvalue weighted by atomic mass is 10.1. The maximum absolute atomic E-state index is 5.46. The molecule has 0 fully saturated rings. The van der Waals surface area contributed by atoms with Gasteiger partial charge in [0.05, 0.1) is 0 Å². The van der Waals surface area contributed by atoms with Gasteiger partial charge in [-0.25, -0.2) is 0 Å². The zero-order valence-corrected chi connectivity index (χ0v) is 13.7. The molecule has 2 aromatic rings. The summed E-state index contributed by atoms with van der Waals surface area (Å²) in [6.07, 6.45) is 0.759. The van der Waals surface area contributed by atoms with Crippen molar-refractivity contribution in [3.63, 3.8) is 0 Å². The molecule has 0 amide bonds. The Morgan fingerprint density at radius 2 is 1.90 bits per heavy atom. The summed E-state index contributed by atoms with van der Waals surface area (Å²) in [5.74, 6) is 1.38. The third-order valence-electron chi connectivity index (χ3n) is 3.33. The van der Waals surface area contributed by atoms with Crippen molar-refractivity contribution in [1.82, 2.24) is 20.4 Å². The van der Waals surface area contributed by atoms with E-state index in [1.54, 1.807) is 0 Å². The molecule has 0 spiro atoms. The van der Waals surface area contributed by atoms with E-state index in [9.17, 15) is 0 Å². The normalized spacial score (nSPS) is 13.8. The van der Waals surface area contributed by atoms with Crippen molar-refractivity contribution in [1.29, 1.82) is 0 Å². The average Bonchev–Trinajstić information content (AvgIpc) is 2.87. The van der Waals surface area contributed by atoms with E-state index < -0.39 is 0 Å². The first-order valence-corrected chi connectivity index (χ1v) is 6.83. The Morgan fingerprint density at radius 1 is 1.24 bits per heavy atom. The van der Waals surface area contributed by atoms with E-state index in [1.165, 1.54) is 0 Å². The van der Waals surface area contributed by atoms with Gasteiger partial charge in [-0.2, -0.15) is 4.98 Å². The summed E-state index contributed by atoms with van der Waals surface area (Å²) in [4.78, 5) is 6.61. The molecule has 2 unspecified atom stereocenters. The Bertz CT molecular complexity index is 529. The molecule has 2 rings (SSSR count). The lowest BCUT2D eigenvalue weighted by Gasteiger charge is -2.20. The van der Waals surface area contributed by atoms with Gasteiger partial charge in [-0.05, 0) is 33.6 Å². The number of nitrogens with zero attached hydrogens (tertiary/aromatic N) is 3. The smallest absolute Gasteiger partial charge is 0.248 e. The molecule has 1 N–H and O–H groups in total. The second-order valence-corrected chi connectivity index (χ2v) is 5.22. The fourth-order valence-electron chi connectivity index (χ4n) is 2.13. The van der Waals surface area contributed by atoms with Crippen LogP contribution in [0.2, 0.25) is 0 Å². The van der Waals surface area contributed by atoms with Gasteiger partial charge in [-0.1, -0.05) is 35.5 Å². The second kappa shape index (κ2) is 8.12. The van der Waals surface area contributed by atoms with E-state index in [-0.39, 0.29) is 18.4 Å². The summed E-state index contributed by atoms with van der Waals surface area (Å²) in [6.45, 7) is 2.09. The van der Waals surface area contributed by atoms with Crippen molar-refractivity contribution in [2.24, 2.45) is 0 Å². The molecular formula is C15H23ClN4O. The monoisotopic (exact) mass is 310 g/mol. The van der Waals surface area contributed by atoms with Crippen molar-refractivity contribution in [3.05, 3.63) is 47.6 Å². The van der Waals surface area contributed by atoms with Crippen molar-refractivity contribution in [2.45, 2.75) is 25.4 Å². The molecule has 1 aromatic carbocycles. The molecule has 0 aliphatic carbocycles. The maximum Gasteiger partial charge on any atom is 0.248 e. The molecule has 0 radical (unpaired) electrons. The topological polar surface area (TPSA) is 54.2 Å². The van der Waals surface area contributed by atoms with E-state index in [1.807, 2.05) is 39.3 Å². The standard InChI is InChI=1S/C15H22N4O.ClH/c1-11(16-2)10-13-17-15(20-18-13)14(19(3)4)12-8-6-5-7-9-12;/h5-9,11,14,16H,10H2,1-4H3;1H. The van der Waals surface area contributed by atoms with E-state index in [0.717, 1.165) is 17.8 Å². The van der Waals surface area contributed by atoms with Crippen LogP contribution in [0.1, 0.15) is 30.2 Å². The van der Waals surface area contributed by atoms with E-state index in [4.69, 9.17) is 4.52 Å². The number of benzene rings is 1. The lowest BCUT2D eigenvalue weighted by Crippen LogP contribution is -2.24. The van der Waals surface area contributed by atoms with Gasteiger partial charge < -0.3 is 9.84 Å². The first-order valence-electron chi connectivity index (χ1n) is 6.83. The van der Waals surface area contributed by atoms with Crippen LogP contribution in [0, 0.1) is 0 Å². The van der Waals surface area contributed by atoms with E-state index in [2.05, 4.69) is 39.4 Å². The quantitative estimate of drug-likeness (QED) is 0.887. The van der Waals surface area contributed by atoms with Gasteiger partial charge in [-0.15, -0.1) is 12.4 Å². The van der Waals surface area contributed by atoms with Crippen LogP contribution in [0.25, 0.3) is 0 Å². The number of hydrogen-bond donors (Lipinski definition) is 1. The molecular weight excluding hydrogens is 288 g/mol. The minimum Gasteiger partial charge on any atom is -0.337 e. The SMILES string of the molecule is CNC(C)Cc1noc(C(c2ccccc2)N(C)C)n1.Cl. The molecule has 116 valence electrons. The van der Waals surface area contributed by atoms with Gasteiger partial charge in [0.25, 0.3) is 0 Å². The molecule has 6 heteroatoms. The summed E-state index contributed by atoms with van der Waals surface area (Å²) < 4.78 is 5.46. The van der Waals surface area contributed by atoms with Crippen molar-refractivity contribution < 1.29 is 4.52 Å². The van der Waals surface area contributed by atoms with Gasteiger partial charge in [0.2, 0.25) is 5.89 Å². The number of nitrogens with one attached hydrogen (secondary N) is 1. The fraction of sp³-hybridized carbons (Fsp3) is 0.467. The minimum absolute atomic E-state index is 0. The summed E-state index contributed by atoms with van der Waals surface area (Å²) in [7, 11) is 5.95. The first kappa shape index (κ1) is 17.6. The van der Waals surface area contributed by atoms with Gasteiger partial charge in [-0.3, -0.25) is 4.90 Å².